The standard InChI is InChI=1S/C12H19NO5/c14-11(9-3-1-2-6-17-9)13-7-8-4-5-10(18-8)12(15)16/h8-10H,1-7H2,(H,13,14)(H,15,16). The van der Waals surface area contributed by atoms with Crippen molar-refractivity contribution in [3.8, 4) is 0 Å². The maximum atomic E-state index is 11.8. The van der Waals surface area contributed by atoms with Crippen LogP contribution in [0.5, 0.6) is 0 Å². The molecule has 0 aromatic heterocycles. The minimum atomic E-state index is -0.931. The molecular weight excluding hydrogens is 238 g/mol. The Balaban J connectivity index is 1.68. The van der Waals surface area contributed by atoms with Crippen molar-refractivity contribution >= 4 is 11.9 Å². The molecule has 0 aromatic carbocycles. The van der Waals surface area contributed by atoms with E-state index in [4.69, 9.17) is 14.6 Å². The zero-order valence-electron chi connectivity index (χ0n) is 10.3. The predicted molar refractivity (Wildman–Crippen MR) is 62.1 cm³/mol. The second kappa shape index (κ2) is 6.15. The summed E-state index contributed by atoms with van der Waals surface area (Å²) in [5, 5.41) is 11.6. The van der Waals surface area contributed by atoms with E-state index in [1.165, 1.54) is 0 Å². The molecular formula is C12H19NO5. The molecule has 2 aliphatic heterocycles. The van der Waals surface area contributed by atoms with Crippen LogP contribution in [-0.4, -0.2) is 48.4 Å². The molecule has 2 N–H and O–H groups in total. The molecule has 102 valence electrons. The Labute approximate surface area is 106 Å². The van der Waals surface area contributed by atoms with Crippen LogP contribution in [0.3, 0.4) is 0 Å². The van der Waals surface area contributed by atoms with Gasteiger partial charge in [0, 0.05) is 13.2 Å². The molecule has 2 rings (SSSR count). The molecule has 0 saturated carbocycles. The van der Waals surface area contributed by atoms with E-state index in [2.05, 4.69) is 5.32 Å². The number of nitrogens with one attached hydrogen (secondary N) is 1. The van der Waals surface area contributed by atoms with Crippen LogP contribution in [0.25, 0.3) is 0 Å². The average molecular weight is 257 g/mol. The van der Waals surface area contributed by atoms with Gasteiger partial charge in [0.25, 0.3) is 0 Å². The summed E-state index contributed by atoms with van der Waals surface area (Å²) in [6, 6.07) is 0. The molecule has 2 saturated heterocycles. The van der Waals surface area contributed by atoms with Gasteiger partial charge in [-0.2, -0.15) is 0 Å². The van der Waals surface area contributed by atoms with Crippen molar-refractivity contribution in [2.45, 2.75) is 50.4 Å². The smallest absolute Gasteiger partial charge is 0.332 e. The van der Waals surface area contributed by atoms with Gasteiger partial charge in [-0.25, -0.2) is 4.79 Å². The van der Waals surface area contributed by atoms with Crippen LogP contribution < -0.4 is 5.32 Å². The second-order valence-electron chi connectivity index (χ2n) is 4.76. The second-order valence-corrected chi connectivity index (χ2v) is 4.76. The highest BCUT2D eigenvalue weighted by Crippen LogP contribution is 2.19. The molecule has 18 heavy (non-hydrogen) atoms. The maximum absolute atomic E-state index is 11.8. The SMILES string of the molecule is O=C(O)C1CCC(CNC(=O)C2CCCCO2)O1. The first-order valence-corrected chi connectivity index (χ1v) is 6.44. The monoisotopic (exact) mass is 257 g/mol. The van der Waals surface area contributed by atoms with Crippen LogP contribution >= 0.6 is 0 Å². The van der Waals surface area contributed by atoms with Crippen molar-refractivity contribution in [3.63, 3.8) is 0 Å². The molecule has 0 aromatic rings. The van der Waals surface area contributed by atoms with E-state index in [0.717, 1.165) is 19.3 Å². The van der Waals surface area contributed by atoms with Gasteiger partial charge >= 0.3 is 5.97 Å². The molecule has 1 amide bonds. The largest absolute Gasteiger partial charge is 0.479 e. The van der Waals surface area contributed by atoms with Crippen LogP contribution in [0.1, 0.15) is 32.1 Å². The van der Waals surface area contributed by atoms with Crippen LogP contribution in [0.4, 0.5) is 0 Å². The summed E-state index contributed by atoms with van der Waals surface area (Å²) in [5.41, 5.74) is 0. The minimum Gasteiger partial charge on any atom is -0.479 e. The first-order chi connectivity index (χ1) is 8.66. The molecule has 2 aliphatic rings. The average Bonchev–Trinajstić information content (AvgIpc) is 2.86. The van der Waals surface area contributed by atoms with Gasteiger partial charge in [-0.15, -0.1) is 0 Å². The number of carbonyl (C=O) groups is 2. The summed E-state index contributed by atoms with van der Waals surface area (Å²) in [6.07, 6.45) is 2.69. The Kier molecular flexibility index (Phi) is 4.54. The molecule has 0 spiro atoms. The van der Waals surface area contributed by atoms with E-state index in [1.54, 1.807) is 0 Å². The van der Waals surface area contributed by atoms with Gasteiger partial charge in [-0.3, -0.25) is 4.79 Å². The van der Waals surface area contributed by atoms with Gasteiger partial charge in [-0.05, 0) is 32.1 Å². The summed E-state index contributed by atoms with van der Waals surface area (Å²) >= 11 is 0. The van der Waals surface area contributed by atoms with Crippen molar-refractivity contribution in [2.75, 3.05) is 13.2 Å². The van der Waals surface area contributed by atoms with Crippen LogP contribution in [0.15, 0.2) is 0 Å². The quantitative estimate of drug-likeness (QED) is 0.757. The minimum absolute atomic E-state index is 0.114. The zero-order valence-corrected chi connectivity index (χ0v) is 10.3. The Bertz CT molecular complexity index is 314. The van der Waals surface area contributed by atoms with Gasteiger partial charge in [0.2, 0.25) is 5.91 Å². The number of hydrogen-bond acceptors (Lipinski definition) is 4. The molecule has 2 heterocycles. The van der Waals surface area contributed by atoms with Crippen LogP contribution in [-0.2, 0) is 19.1 Å². The number of rotatable bonds is 4. The fraction of sp³-hybridized carbons (Fsp3) is 0.833. The maximum Gasteiger partial charge on any atom is 0.332 e. The fourth-order valence-corrected chi connectivity index (χ4v) is 2.31. The van der Waals surface area contributed by atoms with E-state index >= 15 is 0 Å². The molecule has 0 bridgehead atoms. The number of ether oxygens (including phenoxy) is 2. The van der Waals surface area contributed by atoms with E-state index in [1.807, 2.05) is 0 Å². The van der Waals surface area contributed by atoms with Crippen molar-refractivity contribution in [2.24, 2.45) is 0 Å². The van der Waals surface area contributed by atoms with Crippen molar-refractivity contribution < 1.29 is 24.2 Å². The third-order valence-electron chi connectivity index (χ3n) is 3.36. The Morgan fingerprint density at radius 1 is 1.17 bits per heavy atom. The van der Waals surface area contributed by atoms with E-state index in [0.29, 0.717) is 26.0 Å². The summed E-state index contributed by atoms with van der Waals surface area (Å²) < 4.78 is 10.7. The molecule has 6 heteroatoms. The van der Waals surface area contributed by atoms with Crippen LogP contribution in [0.2, 0.25) is 0 Å². The molecule has 3 atom stereocenters. The summed E-state index contributed by atoms with van der Waals surface area (Å²) in [4.78, 5) is 22.5. The third-order valence-corrected chi connectivity index (χ3v) is 3.36. The zero-order chi connectivity index (χ0) is 13.0. The Morgan fingerprint density at radius 3 is 2.61 bits per heavy atom. The van der Waals surface area contributed by atoms with Crippen LogP contribution in [0, 0.1) is 0 Å². The number of aliphatic carboxylic acids is 1. The number of carboxylic acid groups (broad SMARTS) is 1. The number of hydrogen-bond donors (Lipinski definition) is 2. The van der Waals surface area contributed by atoms with Gasteiger partial charge in [-0.1, -0.05) is 0 Å². The first-order valence-electron chi connectivity index (χ1n) is 6.44. The Hall–Kier alpha value is -1.14. The summed E-state index contributed by atoms with van der Waals surface area (Å²) in [5.74, 6) is -1.04. The molecule has 0 radical (unpaired) electrons. The van der Waals surface area contributed by atoms with E-state index in [-0.39, 0.29) is 18.1 Å². The van der Waals surface area contributed by atoms with E-state index < -0.39 is 12.1 Å². The molecule has 3 unspecified atom stereocenters. The van der Waals surface area contributed by atoms with Crippen molar-refractivity contribution in [3.05, 3.63) is 0 Å². The topological polar surface area (TPSA) is 84.9 Å². The van der Waals surface area contributed by atoms with Gasteiger partial charge in [0.05, 0.1) is 6.10 Å². The normalized spacial score (nSPS) is 32.1. The third kappa shape index (κ3) is 3.43. The highest BCUT2D eigenvalue weighted by Gasteiger charge is 2.31. The number of amides is 1. The highest BCUT2D eigenvalue weighted by atomic mass is 16.5. The lowest BCUT2D eigenvalue weighted by molar-refractivity contribution is -0.149. The number of carbonyl (C=O) groups excluding carboxylic acids is 1. The molecule has 0 aliphatic carbocycles. The fourth-order valence-electron chi connectivity index (χ4n) is 2.31. The van der Waals surface area contributed by atoms with Crippen molar-refractivity contribution in [1.29, 1.82) is 0 Å². The van der Waals surface area contributed by atoms with Crippen molar-refractivity contribution in [1.82, 2.24) is 5.32 Å². The first kappa shape index (κ1) is 13.3. The lowest BCUT2D eigenvalue weighted by atomic mass is 10.1. The Morgan fingerprint density at radius 2 is 2.00 bits per heavy atom. The summed E-state index contributed by atoms with van der Waals surface area (Å²) in [7, 11) is 0. The number of carboxylic acids is 1. The molecule has 2 fully saturated rings. The lowest BCUT2D eigenvalue weighted by Crippen LogP contribution is -2.41. The highest BCUT2D eigenvalue weighted by molar-refractivity contribution is 5.80. The van der Waals surface area contributed by atoms with E-state index in [9.17, 15) is 9.59 Å². The predicted octanol–water partition coefficient (Wildman–Crippen LogP) is 0.304. The van der Waals surface area contributed by atoms with Gasteiger partial charge < -0.3 is 19.9 Å². The summed E-state index contributed by atoms with van der Waals surface area (Å²) in [6.45, 7) is 1.00. The molecule has 6 nitrogen and oxygen atoms in total. The van der Waals surface area contributed by atoms with Gasteiger partial charge in [0.1, 0.15) is 6.10 Å². The van der Waals surface area contributed by atoms with Gasteiger partial charge in [0.15, 0.2) is 6.10 Å². The lowest BCUT2D eigenvalue weighted by Gasteiger charge is -2.22.